The zero-order valence-electron chi connectivity index (χ0n) is 11.5. The van der Waals surface area contributed by atoms with Crippen LogP contribution in [0.4, 0.5) is 0 Å². The lowest BCUT2D eigenvalue weighted by atomic mass is 10.0. The van der Waals surface area contributed by atoms with Crippen molar-refractivity contribution in [1.82, 2.24) is 9.55 Å². The third-order valence-electron chi connectivity index (χ3n) is 3.23. The molecule has 0 N–H and O–H groups in total. The number of imidazole rings is 1. The van der Waals surface area contributed by atoms with E-state index in [1.807, 2.05) is 13.0 Å². The Kier molecular flexibility index (Phi) is 3.96. The Labute approximate surface area is 114 Å². The minimum atomic E-state index is -0.0630. The Morgan fingerprint density at radius 3 is 2.44 bits per heavy atom. The number of nitrogens with zero attached hydrogens (tertiary/aromatic N) is 2. The van der Waals surface area contributed by atoms with Crippen LogP contribution in [-0.2, 0) is 0 Å². The molecule has 2 aromatic rings. The molecule has 0 amide bonds. The van der Waals surface area contributed by atoms with Crippen LogP contribution < -0.4 is 0 Å². The second-order valence-corrected chi connectivity index (χ2v) is 6.08. The number of hydrogen-bond acceptors (Lipinski definition) is 1. The third kappa shape index (κ3) is 2.54. The molecule has 1 aromatic heterocycles. The first-order valence-corrected chi connectivity index (χ1v) is 7.05. The van der Waals surface area contributed by atoms with Crippen LogP contribution in [0.3, 0.4) is 0 Å². The molecule has 2 unspecified atom stereocenters. The van der Waals surface area contributed by atoms with Gasteiger partial charge in [-0.1, -0.05) is 26.0 Å². The minimum absolute atomic E-state index is 0.0630. The third-order valence-corrected chi connectivity index (χ3v) is 3.43. The van der Waals surface area contributed by atoms with Crippen molar-refractivity contribution < 1.29 is 0 Å². The molecule has 0 saturated heterocycles. The van der Waals surface area contributed by atoms with Crippen LogP contribution >= 0.6 is 11.6 Å². The van der Waals surface area contributed by atoms with E-state index in [0.29, 0.717) is 12.0 Å². The molecule has 0 saturated carbocycles. The number of fused-ring (bicyclic) bond motifs is 1. The molecular formula is C15H21ClN2. The molecule has 1 heterocycles. The molecule has 0 radical (unpaired) electrons. The average Bonchev–Trinajstić information content (AvgIpc) is 2.67. The maximum absolute atomic E-state index is 6.28. The average molecular weight is 265 g/mol. The van der Waals surface area contributed by atoms with Crippen molar-refractivity contribution in [3.05, 3.63) is 30.1 Å². The van der Waals surface area contributed by atoms with Gasteiger partial charge >= 0.3 is 0 Å². The smallest absolute Gasteiger partial charge is 0.127 e. The van der Waals surface area contributed by atoms with E-state index in [0.717, 1.165) is 17.8 Å². The molecule has 2 nitrogen and oxygen atoms in total. The summed E-state index contributed by atoms with van der Waals surface area (Å²) in [4.78, 5) is 4.67. The fraction of sp³-hybridized carbons (Fsp3) is 0.533. The SMILES string of the molecule is CC(C)CC(C)n1c(C(C)Cl)nc2ccccc21. The molecule has 3 heteroatoms. The highest BCUT2D eigenvalue weighted by Crippen LogP contribution is 2.30. The number of benzene rings is 1. The lowest BCUT2D eigenvalue weighted by Crippen LogP contribution is -2.12. The Morgan fingerprint density at radius 1 is 1.17 bits per heavy atom. The summed E-state index contributed by atoms with van der Waals surface area (Å²) in [6.07, 6.45) is 1.14. The summed E-state index contributed by atoms with van der Waals surface area (Å²) in [5.74, 6) is 1.64. The van der Waals surface area contributed by atoms with Crippen LogP contribution in [0.25, 0.3) is 11.0 Å². The number of alkyl halides is 1. The van der Waals surface area contributed by atoms with Crippen molar-refractivity contribution >= 4 is 22.6 Å². The number of hydrogen-bond donors (Lipinski definition) is 0. The van der Waals surface area contributed by atoms with Crippen molar-refractivity contribution in [3.8, 4) is 0 Å². The predicted octanol–water partition coefficient (Wildman–Crippen LogP) is 4.94. The second kappa shape index (κ2) is 5.31. The van der Waals surface area contributed by atoms with Gasteiger partial charge in [0.15, 0.2) is 0 Å². The number of rotatable bonds is 4. The first kappa shape index (κ1) is 13.4. The highest BCUT2D eigenvalue weighted by atomic mass is 35.5. The van der Waals surface area contributed by atoms with Crippen molar-refractivity contribution in [2.45, 2.75) is 45.5 Å². The summed E-state index contributed by atoms with van der Waals surface area (Å²) in [5, 5.41) is -0.0630. The summed E-state index contributed by atoms with van der Waals surface area (Å²) < 4.78 is 2.30. The highest BCUT2D eigenvalue weighted by molar-refractivity contribution is 6.20. The van der Waals surface area contributed by atoms with Crippen molar-refractivity contribution in [1.29, 1.82) is 0 Å². The van der Waals surface area contributed by atoms with Crippen molar-refractivity contribution in [2.75, 3.05) is 0 Å². The normalized spacial score (nSPS) is 15.2. The van der Waals surface area contributed by atoms with E-state index in [1.54, 1.807) is 0 Å². The maximum Gasteiger partial charge on any atom is 0.127 e. The van der Waals surface area contributed by atoms with Gasteiger partial charge < -0.3 is 4.57 Å². The molecule has 18 heavy (non-hydrogen) atoms. The van der Waals surface area contributed by atoms with Crippen LogP contribution in [0.2, 0.25) is 0 Å². The molecular weight excluding hydrogens is 244 g/mol. The monoisotopic (exact) mass is 264 g/mol. The molecule has 0 fully saturated rings. The molecule has 0 spiro atoms. The predicted molar refractivity (Wildman–Crippen MR) is 78.2 cm³/mol. The van der Waals surface area contributed by atoms with Crippen LogP contribution in [0.15, 0.2) is 24.3 Å². The summed E-state index contributed by atoms with van der Waals surface area (Å²) in [5.41, 5.74) is 2.23. The van der Waals surface area contributed by atoms with Gasteiger partial charge in [0.2, 0.25) is 0 Å². The van der Waals surface area contributed by atoms with Crippen molar-refractivity contribution in [3.63, 3.8) is 0 Å². The molecule has 0 aliphatic rings. The highest BCUT2D eigenvalue weighted by Gasteiger charge is 2.19. The van der Waals surface area contributed by atoms with E-state index in [-0.39, 0.29) is 5.38 Å². The maximum atomic E-state index is 6.28. The van der Waals surface area contributed by atoms with Crippen LogP contribution in [0.5, 0.6) is 0 Å². The zero-order valence-corrected chi connectivity index (χ0v) is 12.3. The van der Waals surface area contributed by atoms with E-state index in [2.05, 4.69) is 48.5 Å². The van der Waals surface area contributed by atoms with Crippen LogP contribution in [-0.4, -0.2) is 9.55 Å². The quantitative estimate of drug-likeness (QED) is 0.715. The number of aromatic nitrogens is 2. The van der Waals surface area contributed by atoms with Gasteiger partial charge in [-0.3, -0.25) is 0 Å². The van der Waals surface area contributed by atoms with Gasteiger partial charge in [-0.2, -0.15) is 0 Å². The Morgan fingerprint density at radius 2 is 1.83 bits per heavy atom. The first-order chi connectivity index (χ1) is 8.50. The standard InChI is InChI=1S/C15H21ClN2/c1-10(2)9-11(3)18-14-8-6-5-7-13(14)17-15(18)12(4)16/h5-8,10-12H,9H2,1-4H3. The minimum Gasteiger partial charge on any atom is -0.324 e. The fourth-order valence-electron chi connectivity index (χ4n) is 2.59. The molecule has 98 valence electrons. The summed E-state index contributed by atoms with van der Waals surface area (Å²) in [6, 6.07) is 8.69. The Bertz CT molecular complexity index is 528. The molecule has 2 rings (SSSR count). The molecule has 0 aliphatic carbocycles. The van der Waals surface area contributed by atoms with Gasteiger partial charge in [0.05, 0.1) is 16.4 Å². The van der Waals surface area contributed by atoms with E-state index < -0.39 is 0 Å². The van der Waals surface area contributed by atoms with Crippen LogP contribution in [0.1, 0.15) is 51.4 Å². The molecule has 0 aliphatic heterocycles. The summed E-state index contributed by atoms with van der Waals surface area (Å²) in [6.45, 7) is 8.73. The molecule has 0 bridgehead atoms. The summed E-state index contributed by atoms with van der Waals surface area (Å²) in [7, 11) is 0. The Balaban J connectivity index is 2.54. The van der Waals surface area contributed by atoms with E-state index in [4.69, 9.17) is 11.6 Å². The fourth-order valence-corrected chi connectivity index (χ4v) is 2.75. The molecule has 1 aromatic carbocycles. The number of halogens is 1. The summed E-state index contributed by atoms with van der Waals surface area (Å²) >= 11 is 6.28. The van der Waals surface area contributed by atoms with Gasteiger partial charge in [0.1, 0.15) is 5.82 Å². The van der Waals surface area contributed by atoms with E-state index in [1.165, 1.54) is 5.52 Å². The van der Waals surface area contributed by atoms with E-state index in [9.17, 15) is 0 Å². The number of para-hydroxylation sites is 2. The van der Waals surface area contributed by atoms with Crippen molar-refractivity contribution in [2.24, 2.45) is 5.92 Å². The van der Waals surface area contributed by atoms with Gasteiger partial charge in [-0.05, 0) is 38.3 Å². The second-order valence-electron chi connectivity index (χ2n) is 5.42. The molecule has 2 atom stereocenters. The van der Waals surface area contributed by atoms with Gasteiger partial charge in [0, 0.05) is 6.04 Å². The first-order valence-electron chi connectivity index (χ1n) is 6.61. The lowest BCUT2D eigenvalue weighted by Gasteiger charge is -2.20. The van der Waals surface area contributed by atoms with Gasteiger partial charge in [0.25, 0.3) is 0 Å². The zero-order chi connectivity index (χ0) is 13.3. The Hall–Kier alpha value is -1.02. The topological polar surface area (TPSA) is 17.8 Å². The largest absolute Gasteiger partial charge is 0.324 e. The van der Waals surface area contributed by atoms with Crippen LogP contribution in [0, 0.1) is 5.92 Å². The van der Waals surface area contributed by atoms with E-state index >= 15 is 0 Å². The van der Waals surface area contributed by atoms with Gasteiger partial charge in [-0.15, -0.1) is 11.6 Å². The van der Waals surface area contributed by atoms with Gasteiger partial charge in [-0.25, -0.2) is 4.98 Å². The lowest BCUT2D eigenvalue weighted by molar-refractivity contribution is 0.425.